The van der Waals surface area contributed by atoms with Gasteiger partial charge in [0.05, 0.1) is 37.6 Å². The summed E-state index contributed by atoms with van der Waals surface area (Å²) in [6.07, 6.45) is 2.54. The van der Waals surface area contributed by atoms with Crippen LogP contribution in [0.5, 0.6) is 5.75 Å². The molecule has 0 aliphatic heterocycles. The summed E-state index contributed by atoms with van der Waals surface area (Å²) in [5, 5.41) is 4.77. The van der Waals surface area contributed by atoms with Gasteiger partial charge in [-0.05, 0) is 61.4 Å². The Labute approximate surface area is 201 Å². The molecule has 8 nitrogen and oxygen atoms in total. The van der Waals surface area contributed by atoms with Gasteiger partial charge in [-0.2, -0.15) is 0 Å². The van der Waals surface area contributed by atoms with Gasteiger partial charge in [0.2, 0.25) is 0 Å². The molecule has 0 radical (unpaired) electrons. The number of ether oxygens (including phenoxy) is 2. The topological polar surface area (TPSA) is 101 Å². The Bertz CT molecular complexity index is 1410. The molecule has 0 atom stereocenters. The van der Waals surface area contributed by atoms with Crippen LogP contribution in [0.2, 0.25) is 5.02 Å². The van der Waals surface area contributed by atoms with Gasteiger partial charge in [0.25, 0.3) is 5.56 Å². The van der Waals surface area contributed by atoms with E-state index in [9.17, 15) is 9.59 Å². The lowest BCUT2D eigenvalue weighted by Crippen LogP contribution is -2.20. The fourth-order valence-corrected chi connectivity index (χ4v) is 4.07. The highest BCUT2D eigenvalue weighted by Crippen LogP contribution is 2.23. The van der Waals surface area contributed by atoms with E-state index >= 15 is 0 Å². The normalized spacial score (nSPS) is 11.7. The molecule has 0 saturated heterocycles. The van der Waals surface area contributed by atoms with Crippen molar-refractivity contribution in [2.75, 3.05) is 20.8 Å². The Morgan fingerprint density at radius 3 is 2.62 bits per heavy atom. The molecule has 0 bridgehead atoms. The first-order valence-electron chi connectivity index (χ1n) is 10.7. The molecule has 4 aromatic rings. The smallest absolute Gasteiger partial charge is 0.311 e. The third-order valence-corrected chi connectivity index (χ3v) is 5.90. The summed E-state index contributed by atoms with van der Waals surface area (Å²) in [7, 11) is 2.89. The van der Waals surface area contributed by atoms with E-state index in [-0.39, 0.29) is 12.0 Å². The van der Waals surface area contributed by atoms with Crippen molar-refractivity contribution in [2.45, 2.75) is 19.8 Å². The minimum atomic E-state index is -0.451. The van der Waals surface area contributed by atoms with Crippen molar-refractivity contribution >= 4 is 34.2 Å². The van der Waals surface area contributed by atoms with Crippen molar-refractivity contribution in [1.29, 1.82) is 0 Å². The fraction of sp³-hybridized carbons (Fsp3) is 0.240. The van der Waals surface area contributed by atoms with E-state index in [2.05, 4.69) is 15.1 Å². The maximum atomic E-state index is 13.3. The van der Waals surface area contributed by atoms with Crippen LogP contribution in [0.25, 0.3) is 16.6 Å². The Balaban J connectivity index is 1.64. The van der Waals surface area contributed by atoms with Crippen molar-refractivity contribution in [3.05, 3.63) is 80.9 Å². The van der Waals surface area contributed by atoms with E-state index in [1.54, 1.807) is 38.3 Å². The molecule has 0 spiro atoms. The molecule has 2 heterocycles. The number of methoxy groups -OCH3 is 2. The highest BCUT2D eigenvalue weighted by Gasteiger charge is 2.20. The zero-order valence-corrected chi connectivity index (χ0v) is 19.9. The summed E-state index contributed by atoms with van der Waals surface area (Å²) in [6, 6.07) is 12.8. The predicted octanol–water partition coefficient (Wildman–Crippen LogP) is 4.08. The van der Waals surface area contributed by atoms with E-state index < -0.39 is 5.97 Å². The van der Waals surface area contributed by atoms with Gasteiger partial charge in [-0.25, -0.2) is 4.68 Å². The lowest BCUT2D eigenvalue weighted by Gasteiger charge is -2.03. The Kier molecular flexibility index (Phi) is 6.88. The molecule has 9 heteroatoms. The maximum Gasteiger partial charge on any atom is 0.311 e. The number of nitrogens with one attached hydrogen (secondary N) is 2. The average Bonchev–Trinajstić information content (AvgIpc) is 3.39. The van der Waals surface area contributed by atoms with E-state index in [0.717, 1.165) is 16.5 Å². The van der Waals surface area contributed by atoms with Crippen LogP contribution in [0.15, 0.2) is 58.4 Å². The Hall–Kier alpha value is -3.78. The molecule has 4 rings (SSSR count). The number of carbonyl (C=O) groups excluding carboxylic acids is 1. The molecular weight excluding hydrogens is 456 g/mol. The van der Waals surface area contributed by atoms with Crippen molar-refractivity contribution in [3.63, 3.8) is 0 Å². The molecule has 0 unspecified atom stereocenters. The number of fused-ring (bicyclic) bond motifs is 1. The maximum absolute atomic E-state index is 13.3. The second kappa shape index (κ2) is 10.0. The number of H-pyrrole nitrogens is 2. The number of aliphatic imine (C=N–C) groups is 1. The number of esters is 1. The van der Waals surface area contributed by atoms with Crippen LogP contribution in [0.4, 0.5) is 0 Å². The highest BCUT2D eigenvalue weighted by atomic mass is 35.5. The van der Waals surface area contributed by atoms with Crippen LogP contribution in [-0.4, -0.2) is 47.2 Å². The van der Waals surface area contributed by atoms with Crippen molar-refractivity contribution in [3.8, 4) is 11.4 Å². The first kappa shape index (κ1) is 23.4. The Morgan fingerprint density at radius 2 is 1.91 bits per heavy atom. The van der Waals surface area contributed by atoms with Crippen LogP contribution >= 0.6 is 11.6 Å². The van der Waals surface area contributed by atoms with E-state index in [1.807, 2.05) is 24.4 Å². The van der Waals surface area contributed by atoms with Gasteiger partial charge in [0, 0.05) is 34.4 Å². The fourth-order valence-electron chi connectivity index (χ4n) is 3.89. The standard InChI is InChI=1S/C25H25ClN4O4/c1-15(27-11-10-16-14-28-21-9-4-17(26)12-20(16)21)24-22(13-23(31)34-3)29-30(25(24)32)18-5-7-19(33-2)8-6-18/h4-9,12,14,28-29H,10-11,13H2,1-3H3. The van der Waals surface area contributed by atoms with Gasteiger partial charge in [0.1, 0.15) is 5.75 Å². The highest BCUT2D eigenvalue weighted by molar-refractivity contribution is 6.31. The molecule has 2 aromatic carbocycles. The van der Waals surface area contributed by atoms with Gasteiger partial charge < -0.3 is 14.5 Å². The number of rotatable bonds is 8. The van der Waals surface area contributed by atoms with Crippen LogP contribution in [0.1, 0.15) is 23.7 Å². The molecule has 0 fully saturated rings. The summed E-state index contributed by atoms with van der Waals surface area (Å²) in [5.41, 5.74) is 3.79. The zero-order chi connectivity index (χ0) is 24.2. The minimum absolute atomic E-state index is 0.0714. The van der Waals surface area contributed by atoms with Crippen LogP contribution in [-0.2, 0) is 22.4 Å². The number of hydrogen-bond acceptors (Lipinski definition) is 5. The van der Waals surface area contributed by atoms with Crippen molar-refractivity contribution < 1.29 is 14.3 Å². The number of benzene rings is 2. The van der Waals surface area contributed by atoms with Gasteiger partial charge in [0.15, 0.2) is 0 Å². The quantitative estimate of drug-likeness (QED) is 0.293. The minimum Gasteiger partial charge on any atom is -0.497 e. The summed E-state index contributed by atoms with van der Waals surface area (Å²) >= 11 is 6.14. The lowest BCUT2D eigenvalue weighted by atomic mass is 10.1. The monoisotopic (exact) mass is 480 g/mol. The van der Waals surface area contributed by atoms with E-state index in [4.69, 9.17) is 21.1 Å². The number of aromatic amines is 2. The van der Waals surface area contributed by atoms with Gasteiger partial charge in [-0.1, -0.05) is 11.6 Å². The van der Waals surface area contributed by atoms with Crippen molar-refractivity contribution in [1.82, 2.24) is 14.8 Å². The number of carbonyl (C=O) groups is 1. The second-order valence-corrected chi connectivity index (χ2v) is 8.21. The van der Waals surface area contributed by atoms with E-state index in [0.29, 0.717) is 46.4 Å². The van der Waals surface area contributed by atoms with E-state index in [1.165, 1.54) is 11.8 Å². The molecule has 2 aromatic heterocycles. The third-order valence-electron chi connectivity index (χ3n) is 5.67. The molecular formula is C25H25ClN4O4. The van der Waals surface area contributed by atoms with Crippen LogP contribution < -0.4 is 10.3 Å². The molecule has 34 heavy (non-hydrogen) atoms. The first-order valence-corrected chi connectivity index (χ1v) is 11.1. The summed E-state index contributed by atoms with van der Waals surface area (Å²) in [4.78, 5) is 33.2. The second-order valence-electron chi connectivity index (χ2n) is 7.78. The molecule has 176 valence electrons. The summed E-state index contributed by atoms with van der Waals surface area (Å²) in [5.74, 6) is 0.225. The average molecular weight is 481 g/mol. The van der Waals surface area contributed by atoms with Gasteiger partial charge >= 0.3 is 5.97 Å². The van der Waals surface area contributed by atoms with Crippen LogP contribution in [0.3, 0.4) is 0 Å². The van der Waals surface area contributed by atoms with Crippen molar-refractivity contribution in [2.24, 2.45) is 4.99 Å². The first-order chi connectivity index (χ1) is 16.4. The van der Waals surface area contributed by atoms with Gasteiger partial charge in [-0.15, -0.1) is 0 Å². The number of aromatic nitrogens is 3. The number of halogens is 1. The molecule has 0 aliphatic rings. The summed E-state index contributed by atoms with van der Waals surface area (Å²) in [6.45, 7) is 2.24. The lowest BCUT2D eigenvalue weighted by molar-refractivity contribution is -0.139. The zero-order valence-electron chi connectivity index (χ0n) is 19.1. The third kappa shape index (κ3) is 4.77. The summed E-state index contributed by atoms with van der Waals surface area (Å²) < 4.78 is 11.4. The molecule has 0 amide bonds. The number of hydrogen-bond donors (Lipinski definition) is 2. The number of nitrogens with zero attached hydrogens (tertiary/aromatic N) is 2. The Morgan fingerprint density at radius 1 is 1.15 bits per heavy atom. The largest absolute Gasteiger partial charge is 0.497 e. The molecule has 2 N–H and O–H groups in total. The SMILES string of the molecule is COC(=O)Cc1[nH]n(-c2ccc(OC)cc2)c(=O)c1C(C)=NCCc1c[nH]c2ccc(Cl)cc12. The van der Waals surface area contributed by atoms with Crippen LogP contribution in [0, 0.1) is 0 Å². The molecule has 0 aliphatic carbocycles. The van der Waals surface area contributed by atoms with Gasteiger partial charge in [-0.3, -0.25) is 19.7 Å². The molecule has 0 saturated carbocycles. The predicted molar refractivity (Wildman–Crippen MR) is 133 cm³/mol.